The molecule has 0 saturated carbocycles. The summed E-state index contributed by atoms with van der Waals surface area (Å²) >= 11 is 6.29. The van der Waals surface area contributed by atoms with Crippen LogP contribution in [0.15, 0.2) is 36.5 Å². The summed E-state index contributed by atoms with van der Waals surface area (Å²) in [4.78, 5) is 31.4. The van der Waals surface area contributed by atoms with Gasteiger partial charge in [-0.3, -0.25) is 9.59 Å². The van der Waals surface area contributed by atoms with Crippen LogP contribution in [-0.2, 0) is 12.7 Å². The van der Waals surface area contributed by atoms with Gasteiger partial charge >= 0.3 is 6.18 Å². The number of aromatic nitrogens is 7. The van der Waals surface area contributed by atoms with E-state index in [2.05, 4.69) is 36.1 Å². The first kappa shape index (κ1) is 29.1. The molecule has 0 aliphatic carbocycles. The number of hydrogen-bond acceptors (Lipinski definition) is 9. The number of nitrogens with one attached hydrogen (secondary N) is 2. The first-order valence-corrected chi connectivity index (χ1v) is 12.3. The van der Waals surface area contributed by atoms with E-state index in [-0.39, 0.29) is 52.1 Å². The van der Waals surface area contributed by atoms with Gasteiger partial charge in [-0.1, -0.05) is 11.6 Å². The summed E-state index contributed by atoms with van der Waals surface area (Å²) in [5.74, 6) is -2.66. The SMILES string of the molecule is Cc1cc(C#N)cc(C(=O)NCCCN)c1NC(=O)c1cc(Cn2nnc(C(F)(F)F)n2)nn1-c1ncccc1Cl. The highest BCUT2D eigenvalue weighted by atomic mass is 35.5. The lowest BCUT2D eigenvalue weighted by atomic mass is 10.0. The molecule has 1 aromatic carbocycles. The maximum absolute atomic E-state index is 13.6. The van der Waals surface area contributed by atoms with Crippen LogP contribution < -0.4 is 16.4 Å². The van der Waals surface area contributed by atoms with Gasteiger partial charge in [0.25, 0.3) is 17.6 Å². The van der Waals surface area contributed by atoms with Gasteiger partial charge in [0.15, 0.2) is 5.82 Å². The lowest BCUT2D eigenvalue weighted by Crippen LogP contribution is -2.28. The van der Waals surface area contributed by atoms with Crippen molar-refractivity contribution in [2.45, 2.75) is 26.1 Å². The smallest absolute Gasteiger partial charge is 0.352 e. The molecule has 2 amide bonds. The molecule has 0 aliphatic rings. The van der Waals surface area contributed by atoms with Gasteiger partial charge in [0.1, 0.15) is 12.2 Å². The number of amides is 2. The molecule has 4 aromatic rings. The van der Waals surface area contributed by atoms with Gasteiger partial charge in [0, 0.05) is 12.7 Å². The van der Waals surface area contributed by atoms with Gasteiger partial charge in [-0.2, -0.15) is 28.3 Å². The lowest BCUT2D eigenvalue weighted by Gasteiger charge is -2.15. The van der Waals surface area contributed by atoms with Crippen LogP contribution in [0, 0.1) is 18.3 Å². The van der Waals surface area contributed by atoms with E-state index in [9.17, 15) is 28.0 Å². The first-order chi connectivity index (χ1) is 19.5. The van der Waals surface area contributed by atoms with E-state index in [0.29, 0.717) is 23.3 Å². The number of anilines is 1. The normalized spacial score (nSPS) is 11.2. The van der Waals surface area contributed by atoms with Crippen molar-refractivity contribution in [1.82, 2.24) is 40.3 Å². The third-order valence-corrected chi connectivity index (χ3v) is 5.85. The van der Waals surface area contributed by atoms with Crippen LogP contribution in [-0.4, -0.2) is 59.9 Å². The zero-order valence-electron chi connectivity index (χ0n) is 21.3. The minimum atomic E-state index is -4.79. The van der Waals surface area contributed by atoms with Crippen LogP contribution in [0.1, 0.15) is 49.9 Å². The van der Waals surface area contributed by atoms with Crippen molar-refractivity contribution in [1.29, 1.82) is 5.26 Å². The molecule has 212 valence electrons. The van der Waals surface area contributed by atoms with Crippen LogP contribution in [0.3, 0.4) is 0 Å². The summed E-state index contributed by atoms with van der Waals surface area (Å²) in [6, 6.07) is 9.18. The Bertz CT molecular complexity index is 1640. The second-order valence-electron chi connectivity index (χ2n) is 8.56. The summed E-state index contributed by atoms with van der Waals surface area (Å²) in [6.45, 7) is 1.87. The monoisotopic (exact) mass is 587 g/mol. The Morgan fingerprint density at radius 3 is 2.63 bits per heavy atom. The van der Waals surface area contributed by atoms with Crippen molar-refractivity contribution >= 4 is 29.1 Å². The number of pyridine rings is 1. The Labute approximate surface area is 235 Å². The molecule has 17 heteroatoms. The molecule has 3 aromatic heterocycles. The molecule has 0 unspecified atom stereocenters. The maximum Gasteiger partial charge on any atom is 0.455 e. The molecule has 41 heavy (non-hydrogen) atoms. The summed E-state index contributed by atoms with van der Waals surface area (Å²) in [6.07, 6.45) is -2.87. The van der Waals surface area contributed by atoms with E-state index < -0.39 is 23.8 Å². The number of nitrogens with zero attached hydrogens (tertiary/aromatic N) is 8. The van der Waals surface area contributed by atoms with Crippen LogP contribution in [0.4, 0.5) is 18.9 Å². The van der Waals surface area contributed by atoms with Gasteiger partial charge < -0.3 is 16.4 Å². The molecule has 0 fully saturated rings. The Morgan fingerprint density at radius 1 is 1.20 bits per heavy atom. The van der Waals surface area contributed by atoms with Gasteiger partial charge in [-0.25, -0.2) is 9.67 Å². The van der Waals surface area contributed by atoms with E-state index >= 15 is 0 Å². The largest absolute Gasteiger partial charge is 0.455 e. The average Bonchev–Trinajstić information content (AvgIpc) is 3.57. The average molecular weight is 588 g/mol. The summed E-state index contributed by atoms with van der Waals surface area (Å²) in [7, 11) is 0. The fraction of sp³-hybridized carbons (Fsp3) is 0.250. The van der Waals surface area contributed by atoms with E-state index in [1.54, 1.807) is 13.0 Å². The predicted octanol–water partition coefficient (Wildman–Crippen LogP) is 2.49. The van der Waals surface area contributed by atoms with Crippen LogP contribution >= 0.6 is 11.6 Å². The fourth-order valence-corrected chi connectivity index (χ4v) is 3.91. The lowest BCUT2D eigenvalue weighted by molar-refractivity contribution is -0.145. The second-order valence-corrected chi connectivity index (χ2v) is 8.97. The number of carbonyl (C=O) groups excluding carboxylic acids is 2. The number of nitrogens with two attached hydrogens (primary N) is 1. The molecule has 0 bridgehead atoms. The van der Waals surface area contributed by atoms with E-state index in [1.807, 2.05) is 6.07 Å². The highest BCUT2D eigenvalue weighted by Gasteiger charge is 2.37. The third-order valence-electron chi connectivity index (χ3n) is 5.56. The molecular formula is C24H21ClF3N11O2. The van der Waals surface area contributed by atoms with Crippen molar-refractivity contribution < 1.29 is 22.8 Å². The second kappa shape index (κ2) is 12.1. The fourth-order valence-electron chi connectivity index (χ4n) is 3.71. The Morgan fingerprint density at radius 2 is 1.98 bits per heavy atom. The van der Waals surface area contributed by atoms with Crippen molar-refractivity contribution in [3.8, 4) is 11.9 Å². The Hall–Kier alpha value is -4.88. The first-order valence-electron chi connectivity index (χ1n) is 11.9. The van der Waals surface area contributed by atoms with Gasteiger partial charge in [-0.15, -0.1) is 10.2 Å². The summed E-state index contributed by atoms with van der Waals surface area (Å²) in [5.41, 5.74) is 6.26. The topological polar surface area (TPSA) is 182 Å². The Balaban J connectivity index is 1.73. The number of aryl methyl sites for hydroxylation is 1. The van der Waals surface area contributed by atoms with Gasteiger partial charge in [0.2, 0.25) is 0 Å². The molecule has 0 aliphatic heterocycles. The molecule has 0 saturated heterocycles. The molecule has 3 heterocycles. The molecule has 0 atom stereocenters. The number of rotatable bonds is 9. The summed E-state index contributed by atoms with van der Waals surface area (Å²) in [5, 5.41) is 28.9. The Kier molecular flexibility index (Phi) is 8.59. The molecule has 4 rings (SSSR count). The van der Waals surface area contributed by atoms with Gasteiger partial charge in [-0.05, 0) is 61.0 Å². The molecular weight excluding hydrogens is 567 g/mol. The molecule has 13 nitrogen and oxygen atoms in total. The standard InChI is InChI=1S/C24H21ClF3N11O2/c1-13-8-14(11-30)9-16(21(40)32-7-3-5-29)19(13)33-22(41)18-10-15(12-38-36-23(34-37-38)24(26,27)28)35-39(18)20-17(25)4-2-6-31-20/h2,4,6,8-10H,3,5,7,12,29H2,1H3,(H,32,40)(H,33,41). The van der Waals surface area contributed by atoms with Crippen molar-refractivity contribution in [2.24, 2.45) is 5.73 Å². The molecule has 4 N–H and O–H groups in total. The number of hydrogen-bond donors (Lipinski definition) is 3. The minimum Gasteiger partial charge on any atom is -0.352 e. The van der Waals surface area contributed by atoms with Crippen molar-refractivity contribution in [2.75, 3.05) is 18.4 Å². The number of benzene rings is 1. The molecule has 0 radical (unpaired) electrons. The van der Waals surface area contributed by atoms with Crippen LogP contribution in [0.25, 0.3) is 5.82 Å². The number of tetrazole rings is 1. The number of carbonyl (C=O) groups is 2. The third kappa shape index (κ3) is 6.65. The predicted molar refractivity (Wildman–Crippen MR) is 138 cm³/mol. The van der Waals surface area contributed by atoms with Crippen molar-refractivity contribution in [3.63, 3.8) is 0 Å². The number of halogens is 4. The van der Waals surface area contributed by atoms with Gasteiger partial charge in [0.05, 0.1) is 33.6 Å². The van der Waals surface area contributed by atoms with E-state index in [0.717, 1.165) is 4.68 Å². The highest BCUT2D eigenvalue weighted by Crippen LogP contribution is 2.27. The van der Waals surface area contributed by atoms with E-state index in [4.69, 9.17) is 17.3 Å². The summed E-state index contributed by atoms with van der Waals surface area (Å²) < 4.78 is 39.9. The molecule has 0 spiro atoms. The number of nitriles is 1. The number of alkyl halides is 3. The maximum atomic E-state index is 13.6. The van der Waals surface area contributed by atoms with E-state index in [1.165, 1.54) is 30.5 Å². The van der Waals surface area contributed by atoms with Crippen molar-refractivity contribution in [3.05, 3.63) is 75.5 Å². The van der Waals surface area contributed by atoms with Crippen LogP contribution in [0.5, 0.6) is 0 Å². The zero-order valence-corrected chi connectivity index (χ0v) is 22.0. The van der Waals surface area contributed by atoms with Crippen LogP contribution in [0.2, 0.25) is 5.02 Å². The zero-order chi connectivity index (χ0) is 29.7. The highest BCUT2D eigenvalue weighted by molar-refractivity contribution is 6.32. The quantitative estimate of drug-likeness (QED) is 0.248. The minimum absolute atomic E-state index is 0.0422.